The van der Waals surface area contributed by atoms with Crippen molar-refractivity contribution in [1.82, 2.24) is 24.6 Å². The van der Waals surface area contributed by atoms with Gasteiger partial charge in [-0.2, -0.15) is 5.10 Å². The molecule has 1 amide bonds. The minimum atomic E-state index is -0.450. The highest BCUT2D eigenvalue weighted by atomic mass is 16.5. The van der Waals surface area contributed by atoms with Crippen molar-refractivity contribution in [2.75, 3.05) is 14.2 Å². The van der Waals surface area contributed by atoms with Crippen molar-refractivity contribution in [1.29, 1.82) is 0 Å². The Kier molecular flexibility index (Phi) is 6.73. The molecule has 0 radical (unpaired) electrons. The Bertz CT molecular complexity index is 1190. The highest BCUT2D eigenvalue weighted by Gasteiger charge is 2.22. The number of nitrogens with one attached hydrogen (secondary N) is 1. The highest BCUT2D eigenvalue weighted by molar-refractivity contribution is 5.77. The van der Waals surface area contributed by atoms with Crippen molar-refractivity contribution in [3.05, 3.63) is 90.3 Å². The average molecular weight is 446 g/mol. The van der Waals surface area contributed by atoms with Gasteiger partial charge in [-0.3, -0.25) is 4.79 Å². The van der Waals surface area contributed by atoms with Gasteiger partial charge in [-0.05, 0) is 41.8 Å². The second-order valence-corrected chi connectivity index (χ2v) is 7.67. The molecule has 0 aliphatic rings. The molecule has 1 atom stereocenters. The molecule has 1 unspecified atom stereocenters. The number of para-hydroxylation sites is 1. The normalized spacial score (nSPS) is 11.7. The van der Waals surface area contributed by atoms with E-state index < -0.39 is 6.04 Å². The number of aryl methyl sites for hydroxylation is 2. The third-order valence-corrected chi connectivity index (χ3v) is 5.43. The quantitative estimate of drug-likeness (QED) is 0.427. The van der Waals surface area contributed by atoms with Crippen molar-refractivity contribution < 1.29 is 14.3 Å². The number of hydrogen-bond donors (Lipinski definition) is 1. The summed E-state index contributed by atoms with van der Waals surface area (Å²) < 4.78 is 14.5. The topological polar surface area (TPSA) is 83.2 Å². The molecule has 4 aromatic rings. The van der Waals surface area contributed by atoms with E-state index in [1.165, 1.54) is 0 Å². The second-order valence-electron chi connectivity index (χ2n) is 7.67. The van der Waals surface area contributed by atoms with Crippen LogP contribution >= 0.6 is 0 Å². The average Bonchev–Trinajstić information content (AvgIpc) is 3.50. The molecule has 170 valence electrons. The van der Waals surface area contributed by atoms with Gasteiger partial charge in [-0.25, -0.2) is 9.67 Å². The molecule has 0 bridgehead atoms. The number of carbonyl (C=O) groups excluding carboxylic acids is 1. The maximum atomic E-state index is 13.0. The van der Waals surface area contributed by atoms with Crippen molar-refractivity contribution in [2.45, 2.75) is 18.9 Å². The van der Waals surface area contributed by atoms with Crippen LogP contribution < -0.4 is 14.8 Å². The number of amides is 1. The van der Waals surface area contributed by atoms with Crippen molar-refractivity contribution in [2.24, 2.45) is 7.05 Å². The third kappa shape index (κ3) is 5.23. The minimum absolute atomic E-state index is 0.0859. The molecule has 0 saturated heterocycles. The molecule has 0 aliphatic carbocycles. The monoisotopic (exact) mass is 445 g/mol. The van der Waals surface area contributed by atoms with E-state index in [9.17, 15) is 4.79 Å². The van der Waals surface area contributed by atoms with Crippen molar-refractivity contribution in [3.8, 4) is 17.2 Å². The van der Waals surface area contributed by atoms with Crippen LogP contribution in [0.1, 0.15) is 29.4 Å². The Labute approximate surface area is 192 Å². The number of imidazole rings is 1. The van der Waals surface area contributed by atoms with Gasteiger partial charge in [0, 0.05) is 38.1 Å². The predicted octanol–water partition coefficient (Wildman–Crippen LogP) is 3.46. The minimum Gasteiger partial charge on any atom is -0.497 e. The molecule has 4 rings (SSSR count). The van der Waals surface area contributed by atoms with Crippen LogP contribution in [0.25, 0.3) is 5.69 Å². The molecule has 8 nitrogen and oxygen atoms in total. The van der Waals surface area contributed by atoms with E-state index in [0.717, 1.165) is 22.6 Å². The Morgan fingerprint density at radius 1 is 1.09 bits per heavy atom. The molecule has 1 N–H and O–H groups in total. The van der Waals surface area contributed by atoms with Gasteiger partial charge in [0.25, 0.3) is 0 Å². The lowest BCUT2D eigenvalue weighted by molar-refractivity contribution is -0.121. The predicted molar refractivity (Wildman–Crippen MR) is 125 cm³/mol. The molecule has 2 aromatic carbocycles. The molecular weight excluding hydrogens is 418 g/mol. The smallest absolute Gasteiger partial charge is 0.221 e. The van der Waals surface area contributed by atoms with Gasteiger partial charge in [0.15, 0.2) is 0 Å². The zero-order valence-corrected chi connectivity index (χ0v) is 18.9. The maximum Gasteiger partial charge on any atom is 0.221 e. The van der Waals surface area contributed by atoms with Gasteiger partial charge in [0.1, 0.15) is 23.4 Å². The van der Waals surface area contributed by atoms with Crippen molar-refractivity contribution in [3.63, 3.8) is 0 Å². The summed E-state index contributed by atoms with van der Waals surface area (Å²) in [7, 11) is 5.10. The first kappa shape index (κ1) is 22.1. The Morgan fingerprint density at radius 3 is 2.45 bits per heavy atom. The lowest BCUT2D eigenvalue weighted by Gasteiger charge is -2.20. The lowest BCUT2D eigenvalue weighted by atomic mass is 10.0. The summed E-state index contributed by atoms with van der Waals surface area (Å²) in [4.78, 5) is 17.4. The van der Waals surface area contributed by atoms with Gasteiger partial charge in [0.05, 0.1) is 26.1 Å². The number of methoxy groups -OCH3 is 2. The van der Waals surface area contributed by atoms with Crippen LogP contribution in [-0.4, -0.2) is 39.5 Å². The van der Waals surface area contributed by atoms with E-state index in [-0.39, 0.29) is 5.91 Å². The Hall–Kier alpha value is -4.07. The van der Waals surface area contributed by atoms with Crippen LogP contribution in [-0.2, 0) is 18.3 Å². The van der Waals surface area contributed by atoms with Crippen LogP contribution in [0.3, 0.4) is 0 Å². The summed E-state index contributed by atoms with van der Waals surface area (Å²) in [5.41, 5.74) is 2.80. The molecule has 8 heteroatoms. The summed E-state index contributed by atoms with van der Waals surface area (Å²) in [5.74, 6) is 1.92. The summed E-state index contributed by atoms with van der Waals surface area (Å²) in [5, 5.41) is 7.53. The fourth-order valence-corrected chi connectivity index (χ4v) is 3.65. The number of benzene rings is 2. The largest absolute Gasteiger partial charge is 0.497 e. The van der Waals surface area contributed by atoms with Gasteiger partial charge in [-0.15, -0.1) is 0 Å². The van der Waals surface area contributed by atoms with E-state index in [0.29, 0.717) is 24.3 Å². The highest BCUT2D eigenvalue weighted by Crippen LogP contribution is 2.29. The van der Waals surface area contributed by atoms with Gasteiger partial charge < -0.3 is 19.4 Å². The zero-order chi connectivity index (χ0) is 23.2. The van der Waals surface area contributed by atoms with Gasteiger partial charge in [0.2, 0.25) is 5.91 Å². The molecule has 0 fully saturated rings. The number of hydrogen-bond acceptors (Lipinski definition) is 5. The second kappa shape index (κ2) is 10.0. The Morgan fingerprint density at radius 2 is 1.82 bits per heavy atom. The maximum absolute atomic E-state index is 13.0. The molecule has 0 aliphatic heterocycles. The number of rotatable bonds is 9. The number of carbonyl (C=O) groups is 1. The van der Waals surface area contributed by atoms with Crippen LogP contribution in [0.2, 0.25) is 0 Å². The van der Waals surface area contributed by atoms with E-state index in [1.54, 1.807) is 32.7 Å². The van der Waals surface area contributed by atoms with E-state index in [1.807, 2.05) is 71.2 Å². The lowest BCUT2D eigenvalue weighted by Crippen LogP contribution is -2.31. The van der Waals surface area contributed by atoms with E-state index >= 15 is 0 Å². The molecule has 2 aromatic heterocycles. The SMILES string of the molecule is COc1cc(OC)cc(C(NC(=O)CCc2cnn(-c3ccccc3)c2)c2nccn2C)c1. The summed E-state index contributed by atoms with van der Waals surface area (Å²) in [6.07, 6.45) is 8.21. The molecular formula is C25H27N5O3. The van der Waals surface area contributed by atoms with Crippen LogP contribution in [0.15, 0.2) is 73.3 Å². The third-order valence-electron chi connectivity index (χ3n) is 5.43. The van der Waals surface area contributed by atoms with Crippen LogP contribution in [0.5, 0.6) is 11.5 Å². The number of ether oxygens (including phenoxy) is 2. The number of aromatic nitrogens is 4. The van der Waals surface area contributed by atoms with Crippen molar-refractivity contribution >= 4 is 5.91 Å². The Balaban J connectivity index is 1.50. The van der Waals surface area contributed by atoms with Gasteiger partial charge >= 0.3 is 0 Å². The van der Waals surface area contributed by atoms with E-state index in [2.05, 4.69) is 15.4 Å². The fraction of sp³-hybridized carbons (Fsp3) is 0.240. The van der Waals surface area contributed by atoms with Gasteiger partial charge in [-0.1, -0.05) is 18.2 Å². The first-order valence-electron chi connectivity index (χ1n) is 10.7. The fourth-order valence-electron chi connectivity index (χ4n) is 3.65. The molecule has 0 spiro atoms. The first-order chi connectivity index (χ1) is 16.1. The summed E-state index contributed by atoms with van der Waals surface area (Å²) in [6.45, 7) is 0. The van der Waals surface area contributed by atoms with E-state index in [4.69, 9.17) is 9.47 Å². The van der Waals surface area contributed by atoms with Crippen LogP contribution in [0.4, 0.5) is 0 Å². The zero-order valence-electron chi connectivity index (χ0n) is 18.9. The van der Waals surface area contributed by atoms with Crippen LogP contribution in [0, 0.1) is 0 Å². The number of nitrogens with zero attached hydrogens (tertiary/aromatic N) is 4. The molecule has 0 saturated carbocycles. The summed E-state index contributed by atoms with van der Waals surface area (Å²) >= 11 is 0. The standard InChI is InChI=1S/C25H27N5O3/c1-29-12-11-26-25(29)24(19-13-21(32-2)15-22(14-19)33-3)28-23(31)10-9-18-16-27-30(17-18)20-7-5-4-6-8-20/h4-8,11-17,24H,9-10H2,1-3H3,(H,28,31). The molecule has 33 heavy (non-hydrogen) atoms. The summed E-state index contributed by atoms with van der Waals surface area (Å²) in [6, 6.07) is 15.0. The molecule has 2 heterocycles. The first-order valence-corrected chi connectivity index (χ1v) is 10.7.